The van der Waals surface area contributed by atoms with Crippen molar-refractivity contribution in [2.45, 2.75) is 20.4 Å². The highest BCUT2D eigenvalue weighted by molar-refractivity contribution is 5.91. The highest BCUT2D eigenvalue weighted by Gasteiger charge is 2.11. The van der Waals surface area contributed by atoms with Crippen LogP contribution in [0.15, 0.2) is 21.7 Å². The van der Waals surface area contributed by atoms with Crippen molar-refractivity contribution in [2.24, 2.45) is 0 Å². The fraction of sp³-hybridized carbons (Fsp3) is 0.273. The molecule has 0 bridgehead atoms. The number of carbonyl (C=O) groups is 1. The highest BCUT2D eigenvalue weighted by atomic mass is 16.2. The Kier molecular flexibility index (Phi) is 3.32. The molecule has 2 heterocycles. The Balaban J connectivity index is 2.16. The third-order valence-corrected chi connectivity index (χ3v) is 2.58. The number of carbonyl (C=O) groups excluding carboxylic acids is 1. The minimum atomic E-state index is -0.449. The topological polar surface area (TPSA) is 113 Å². The summed E-state index contributed by atoms with van der Waals surface area (Å²) in [5, 5.41) is 11.6. The molecule has 1 amide bonds. The van der Waals surface area contributed by atoms with Crippen LogP contribution in [-0.4, -0.2) is 25.9 Å². The van der Waals surface area contributed by atoms with Crippen molar-refractivity contribution in [2.75, 3.05) is 5.32 Å². The predicted molar refractivity (Wildman–Crippen MR) is 68.0 cm³/mol. The zero-order valence-corrected chi connectivity index (χ0v) is 10.5. The number of nitrogens with zero attached hydrogens (tertiary/aromatic N) is 2. The van der Waals surface area contributed by atoms with Gasteiger partial charge in [0, 0.05) is 12.1 Å². The van der Waals surface area contributed by atoms with E-state index in [9.17, 15) is 14.4 Å². The molecule has 0 unspecified atom stereocenters. The lowest BCUT2D eigenvalue weighted by atomic mass is 10.3. The number of rotatable bonds is 3. The fourth-order valence-corrected chi connectivity index (χ4v) is 1.64. The molecule has 2 rings (SSSR count). The number of hydrogen-bond acceptors (Lipinski definition) is 4. The molecule has 0 aliphatic heterocycles. The first-order valence-electron chi connectivity index (χ1n) is 5.59. The van der Waals surface area contributed by atoms with Gasteiger partial charge < -0.3 is 5.32 Å². The van der Waals surface area contributed by atoms with Gasteiger partial charge in [0.15, 0.2) is 0 Å². The Labute approximate surface area is 107 Å². The Morgan fingerprint density at radius 2 is 2.11 bits per heavy atom. The monoisotopic (exact) mass is 263 g/mol. The van der Waals surface area contributed by atoms with Crippen LogP contribution in [0.1, 0.15) is 11.4 Å². The minimum Gasteiger partial charge on any atom is -0.321 e. The molecule has 0 radical (unpaired) electrons. The molecule has 0 aliphatic carbocycles. The summed E-state index contributed by atoms with van der Waals surface area (Å²) in [4.78, 5) is 34.3. The number of amides is 1. The summed E-state index contributed by atoms with van der Waals surface area (Å²) in [7, 11) is 0. The molecule has 0 fully saturated rings. The van der Waals surface area contributed by atoms with Crippen LogP contribution in [-0.2, 0) is 11.3 Å². The van der Waals surface area contributed by atoms with E-state index in [1.54, 1.807) is 13.8 Å². The van der Waals surface area contributed by atoms with Crippen LogP contribution in [0, 0.1) is 13.8 Å². The first-order chi connectivity index (χ1) is 8.97. The molecule has 8 heteroatoms. The van der Waals surface area contributed by atoms with Crippen molar-refractivity contribution in [3.63, 3.8) is 0 Å². The van der Waals surface area contributed by atoms with Crippen molar-refractivity contribution in [3.05, 3.63) is 44.2 Å². The summed E-state index contributed by atoms with van der Waals surface area (Å²) in [5.74, 6) is -0.420. The van der Waals surface area contributed by atoms with E-state index in [1.807, 2.05) is 0 Å². The second-order valence-electron chi connectivity index (χ2n) is 4.09. The van der Waals surface area contributed by atoms with Gasteiger partial charge in [-0.1, -0.05) is 0 Å². The highest BCUT2D eigenvalue weighted by Crippen LogP contribution is 2.15. The second kappa shape index (κ2) is 4.92. The van der Waals surface area contributed by atoms with Crippen molar-refractivity contribution < 1.29 is 4.79 Å². The van der Waals surface area contributed by atoms with Crippen molar-refractivity contribution in [1.82, 2.24) is 20.0 Å². The van der Waals surface area contributed by atoms with E-state index in [2.05, 4.69) is 20.6 Å². The Morgan fingerprint density at radius 3 is 2.74 bits per heavy atom. The fourth-order valence-electron chi connectivity index (χ4n) is 1.64. The molecular formula is C11H13N5O3. The van der Waals surface area contributed by atoms with Crippen molar-refractivity contribution >= 4 is 11.6 Å². The van der Waals surface area contributed by atoms with Gasteiger partial charge in [-0.2, -0.15) is 5.10 Å². The van der Waals surface area contributed by atoms with Crippen molar-refractivity contribution in [1.29, 1.82) is 0 Å². The van der Waals surface area contributed by atoms with E-state index in [1.165, 1.54) is 0 Å². The summed E-state index contributed by atoms with van der Waals surface area (Å²) in [6, 6.07) is 2.22. The SMILES string of the molecule is Cc1n[nH]c(C)c1NC(=O)Cn1[nH]c(=O)ccc1=O. The molecule has 100 valence electrons. The zero-order valence-electron chi connectivity index (χ0n) is 10.5. The molecule has 0 saturated carbocycles. The average Bonchev–Trinajstić information content (AvgIpc) is 2.65. The molecule has 0 aromatic carbocycles. The Hall–Kier alpha value is -2.64. The van der Waals surface area contributed by atoms with Gasteiger partial charge in [-0.05, 0) is 13.8 Å². The summed E-state index contributed by atoms with van der Waals surface area (Å²) in [5.41, 5.74) is 1.06. The number of aryl methyl sites for hydroxylation is 2. The average molecular weight is 263 g/mol. The van der Waals surface area contributed by atoms with Crippen LogP contribution >= 0.6 is 0 Å². The smallest absolute Gasteiger partial charge is 0.265 e. The molecule has 2 aromatic heterocycles. The summed E-state index contributed by atoms with van der Waals surface area (Å²) in [6.07, 6.45) is 0. The number of aromatic amines is 2. The standard InChI is InChI=1S/C11H13N5O3/c1-6-11(7(2)14-13-6)12-9(18)5-16-10(19)4-3-8(17)15-16/h3-4H,5H2,1-2H3,(H,12,18)(H,13,14)(H,15,17). The summed E-state index contributed by atoms with van der Waals surface area (Å²) < 4.78 is 0.947. The maximum Gasteiger partial charge on any atom is 0.265 e. The normalized spacial score (nSPS) is 10.4. The molecule has 3 N–H and O–H groups in total. The van der Waals surface area contributed by atoms with Crippen molar-refractivity contribution in [3.8, 4) is 0 Å². The quantitative estimate of drug-likeness (QED) is 0.693. The van der Waals surface area contributed by atoms with Gasteiger partial charge in [-0.15, -0.1) is 0 Å². The lowest BCUT2D eigenvalue weighted by Gasteiger charge is -2.06. The van der Waals surface area contributed by atoms with E-state index in [-0.39, 0.29) is 6.54 Å². The van der Waals surface area contributed by atoms with E-state index in [4.69, 9.17) is 0 Å². The maximum atomic E-state index is 11.8. The van der Waals surface area contributed by atoms with Crippen LogP contribution in [0.5, 0.6) is 0 Å². The molecule has 2 aromatic rings. The van der Waals surface area contributed by atoms with Crippen LogP contribution in [0.4, 0.5) is 5.69 Å². The first kappa shape index (κ1) is 12.8. The van der Waals surface area contributed by atoms with E-state index in [0.717, 1.165) is 22.5 Å². The molecule has 8 nitrogen and oxygen atoms in total. The third-order valence-electron chi connectivity index (χ3n) is 2.58. The van der Waals surface area contributed by atoms with E-state index >= 15 is 0 Å². The number of hydrogen-bond donors (Lipinski definition) is 3. The molecule has 19 heavy (non-hydrogen) atoms. The Bertz CT molecular complexity index is 705. The number of anilines is 1. The van der Waals surface area contributed by atoms with Gasteiger partial charge in [0.1, 0.15) is 6.54 Å². The zero-order chi connectivity index (χ0) is 14.0. The predicted octanol–water partition coefficient (Wildman–Crippen LogP) is -0.485. The number of nitrogens with one attached hydrogen (secondary N) is 3. The molecule has 0 atom stereocenters. The van der Waals surface area contributed by atoms with Crippen LogP contribution < -0.4 is 16.4 Å². The van der Waals surface area contributed by atoms with Crippen LogP contribution in [0.2, 0.25) is 0 Å². The largest absolute Gasteiger partial charge is 0.321 e. The lowest BCUT2D eigenvalue weighted by molar-refractivity contribution is -0.117. The van der Waals surface area contributed by atoms with Crippen LogP contribution in [0.25, 0.3) is 0 Å². The molecule has 0 spiro atoms. The molecule has 0 saturated heterocycles. The molecular weight excluding hydrogens is 250 g/mol. The van der Waals surface area contributed by atoms with Gasteiger partial charge in [-0.3, -0.25) is 24.6 Å². The van der Waals surface area contributed by atoms with Crippen LogP contribution in [0.3, 0.4) is 0 Å². The van der Waals surface area contributed by atoms with Gasteiger partial charge in [0.2, 0.25) is 5.91 Å². The van der Waals surface area contributed by atoms with Gasteiger partial charge in [-0.25, -0.2) is 4.68 Å². The summed E-state index contributed by atoms with van der Waals surface area (Å²) >= 11 is 0. The van der Waals surface area contributed by atoms with Gasteiger partial charge >= 0.3 is 0 Å². The maximum absolute atomic E-state index is 11.8. The Morgan fingerprint density at radius 1 is 1.37 bits per heavy atom. The number of aromatic nitrogens is 4. The molecule has 0 aliphatic rings. The third kappa shape index (κ3) is 2.79. The van der Waals surface area contributed by atoms with Gasteiger partial charge in [0.25, 0.3) is 11.1 Å². The van der Waals surface area contributed by atoms with E-state index in [0.29, 0.717) is 11.4 Å². The van der Waals surface area contributed by atoms with Gasteiger partial charge in [0.05, 0.1) is 17.1 Å². The first-order valence-corrected chi connectivity index (χ1v) is 5.59. The summed E-state index contributed by atoms with van der Waals surface area (Å²) in [6.45, 7) is 3.25. The second-order valence-corrected chi connectivity index (χ2v) is 4.09. The number of H-pyrrole nitrogens is 2. The van der Waals surface area contributed by atoms with E-state index < -0.39 is 17.0 Å². The minimum absolute atomic E-state index is 0.265. The lowest BCUT2D eigenvalue weighted by Crippen LogP contribution is -2.33.